The van der Waals surface area contributed by atoms with Crippen LogP contribution < -0.4 is 5.73 Å². The van der Waals surface area contributed by atoms with E-state index in [4.69, 9.17) is 5.73 Å². The van der Waals surface area contributed by atoms with E-state index >= 15 is 0 Å². The van der Waals surface area contributed by atoms with E-state index < -0.39 is 9.84 Å². The van der Waals surface area contributed by atoms with Crippen LogP contribution in [0.15, 0.2) is 23.1 Å². The molecule has 0 saturated carbocycles. The minimum absolute atomic E-state index is 0.0661. The second-order valence-corrected chi connectivity index (χ2v) is 5.59. The van der Waals surface area contributed by atoms with Crippen molar-refractivity contribution in [1.82, 2.24) is 0 Å². The molecule has 0 saturated heterocycles. The van der Waals surface area contributed by atoms with Crippen LogP contribution in [0, 0.1) is 6.92 Å². The molecule has 1 rings (SSSR count). The number of rotatable bonds is 2. The maximum atomic E-state index is 11.2. The second-order valence-electron chi connectivity index (χ2n) is 3.58. The van der Waals surface area contributed by atoms with Gasteiger partial charge < -0.3 is 5.73 Å². The Balaban J connectivity index is 3.27. The number of hydrogen-bond acceptors (Lipinski definition) is 3. The van der Waals surface area contributed by atoms with E-state index in [-0.39, 0.29) is 6.04 Å². The molecule has 0 aliphatic heterocycles. The first-order valence-electron chi connectivity index (χ1n) is 4.38. The smallest absolute Gasteiger partial charge is 0.175 e. The third kappa shape index (κ3) is 2.33. The van der Waals surface area contributed by atoms with Gasteiger partial charge in [-0.25, -0.2) is 8.42 Å². The van der Waals surface area contributed by atoms with E-state index in [0.29, 0.717) is 4.90 Å². The summed E-state index contributed by atoms with van der Waals surface area (Å²) < 4.78 is 22.5. The van der Waals surface area contributed by atoms with Crippen molar-refractivity contribution in [1.29, 1.82) is 0 Å². The maximum absolute atomic E-state index is 11.2. The van der Waals surface area contributed by atoms with Gasteiger partial charge in [0.25, 0.3) is 0 Å². The Morgan fingerprint density at radius 2 is 1.93 bits per heavy atom. The van der Waals surface area contributed by atoms with Gasteiger partial charge in [0.1, 0.15) is 0 Å². The molecule has 14 heavy (non-hydrogen) atoms. The van der Waals surface area contributed by atoms with Crippen molar-refractivity contribution in [2.75, 3.05) is 6.26 Å². The number of benzene rings is 1. The van der Waals surface area contributed by atoms with Crippen LogP contribution in [0.25, 0.3) is 0 Å². The van der Waals surface area contributed by atoms with Crippen molar-refractivity contribution in [3.63, 3.8) is 0 Å². The molecular formula is C10H15NO2S. The standard InChI is InChI=1S/C10H15NO2S/c1-7-6-9(14(3,12)13)4-5-10(7)8(2)11/h4-6,8H,11H2,1-3H3/t8-/m1/s1. The summed E-state index contributed by atoms with van der Waals surface area (Å²) in [4.78, 5) is 0.347. The van der Waals surface area contributed by atoms with Crippen LogP contribution in [0.5, 0.6) is 0 Å². The summed E-state index contributed by atoms with van der Waals surface area (Å²) in [6, 6.07) is 4.97. The average molecular weight is 213 g/mol. The predicted molar refractivity (Wildman–Crippen MR) is 56.9 cm³/mol. The number of sulfone groups is 1. The number of hydrogen-bond donors (Lipinski definition) is 1. The largest absolute Gasteiger partial charge is 0.324 e. The topological polar surface area (TPSA) is 60.2 Å². The molecule has 0 amide bonds. The summed E-state index contributed by atoms with van der Waals surface area (Å²) in [7, 11) is -3.11. The summed E-state index contributed by atoms with van der Waals surface area (Å²) in [6.45, 7) is 3.75. The van der Waals surface area contributed by atoms with Crippen molar-refractivity contribution >= 4 is 9.84 Å². The second kappa shape index (κ2) is 3.71. The van der Waals surface area contributed by atoms with Gasteiger partial charge in [-0.3, -0.25) is 0 Å². The molecule has 2 N–H and O–H groups in total. The zero-order chi connectivity index (χ0) is 10.9. The average Bonchev–Trinajstić information content (AvgIpc) is 2.01. The molecule has 0 radical (unpaired) electrons. The molecular weight excluding hydrogens is 198 g/mol. The Morgan fingerprint density at radius 1 is 1.36 bits per heavy atom. The Kier molecular flexibility index (Phi) is 2.97. The van der Waals surface area contributed by atoms with Gasteiger partial charge in [-0.2, -0.15) is 0 Å². The molecule has 0 aliphatic rings. The van der Waals surface area contributed by atoms with Gasteiger partial charge >= 0.3 is 0 Å². The Bertz CT molecular complexity index is 435. The zero-order valence-electron chi connectivity index (χ0n) is 8.61. The minimum Gasteiger partial charge on any atom is -0.324 e. The molecule has 0 heterocycles. The van der Waals surface area contributed by atoms with E-state index in [1.807, 2.05) is 13.8 Å². The Hall–Kier alpha value is -0.870. The number of nitrogens with two attached hydrogens (primary N) is 1. The molecule has 3 nitrogen and oxygen atoms in total. The van der Waals surface area contributed by atoms with Crippen LogP contribution in [0.1, 0.15) is 24.1 Å². The van der Waals surface area contributed by atoms with Crippen molar-refractivity contribution in [2.24, 2.45) is 5.73 Å². The van der Waals surface area contributed by atoms with Crippen LogP contribution in [0.2, 0.25) is 0 Å². The van der Waals surface area contributed by atoms with Gasteiger partial charge in [-0.05, 0) is 37.1 Å². The first-order valence-corrected chi connectivity index (χ1v) is 6.27. The lowest BCUT2D eigenvalue weighted by molar-refractivity contribution is 0.601. The van der Waals surface area contributed by atoms with Gasteiger partial charge in [0, 0.05) is 12.3 Å². The lowest BCUT2D eigenvalue weighted by Crippen LogP contribution is -2.08. The lowest BCUT2D eigenvalue weighted by Gasteiger charge is -2.10. The van der Waals surface area contributed by atoms with Crippen LogP contribution in [0.3, 0.4) is 0 Å². The first kappa shape index (κ1) is 11.2. The molecule has 0 aromatic heterocycles. The Labute approximate surface area is 84.9 Å². The van der Waals surface area contributed by atoms with Gasteiger partial charge in [0.05, 0.1) is 4.90 Å². The summed E-state index contributed by atoms with van der Waals surface area (Å²) in [5, 5.41) is 0. The van der Waals surface area contributed by atoms with E-state index in [1.165, 1.54) is 6.26 Å². The van der Waals surface area contributed by atoms with E-state index in [9.17, 15) is 8.42 Å². The van der Waals surface area contributed by atoms with Crippen molar-refractivity contribution in [2.45, 2.75) is 24.8 Å². The zero-order valence-corrected chi connectivity index (χ0v) is 9.43. The van der Waals surface area contributed by atoms with Crippen molar-refractivity contribution in [3.8, 4) is 0 Å². The molecule has 0 aliphatic carbocycles. The highest BCUT2D eigenvalue weighted by Gasteiger charge is 2.10. The molecule has 1 aromatic rings. The fourth-order valence-electron chi connectivity index (χ4n) is 1.39. The summed E-state index contributed by atoms with van der Waals surface area (Å²) >= 11 is 0. The normalized spacial score (nSPS) is 14.0. The highest BCUT2D eigenvalue weighted by atomic mass is 32.2. The molecule has 1 atom stereocenters. The number of aryl methyl sites for hydroxylation is 1. The maximum Gasteiger partial charge on any atom is 0.175 e. The minimum atomic E-state index is -3.11. The van der Waals surface area contributed by atoms with E-state index in [1.54, 1.807) is 18.2 Å². The van der Waals surface area contributed by atoms with Crippen LogP contribution in [-0.2, 0) is 9.84 Å². The van der Waals surface area contributed by atoms with Gasteiger partial charge in [0.2, 0.25) is 0 Å². The Morgan fingerprint density at radius 3 is 2.29 bits per heavy atom. The monoisotopic (exact) mass is 213 g/mol. The predicted octanol–water partition coefficient (Wildman–Crippen LogP) is 1.42. The summed E-state index contributed by atoms with van der Waals surface area (Å²) in [6.07, 6.45) is 1.20. The molecule has 1 aromatic carbocycles. The van der Waals surface area contributed by atoms with Crippen LogP contribution in [0.4, 0.5) is 0 Å². The molecule has 0 unspecified atom stereocenters. The van der Waals surface area contributed by atoms with E-state index in [2.05, 4.69) is 0 Å². The quantitative estimate of drug-likeness (QED) is 0.808. The van der Waals surface area contributed by atoms with Crippen LogP contribution >= 0.6 is 0 Å². The van der Waals surface area contributed by atoms with Crippen molar-refractivity contribution < 1.29 is 8.42 Å². The molecule has 0 spiro atoms. The SMILES string of the molecule is Cc1cc(S(C)(=O)=O)ccc1[C@@H](C)N. The third-order valence-corrected chi connectivity index (χ3v) is 3.27. The van der Waals surface area contributed by atoms with Gasteiger partial charge in [-0.1, -0.05) is 6.07 Å². The highest BCUT2D eigenvalue weighted by molar-refractivity contribution is 7.90. The summed E-state index contributed by atoms with van der Waals surface area (Å²) in [5.41, 5.74) is 7.63. The van der Waals surface area contributed by atoms with E-state index in [0.717, 1.165) is 11.1 Å². The molecule has 0 bridgehead atoms. The van der Waals surface area contributed by atoms with Gasteiger partial charge in [-0.15, -0.1) is 0 Å². The lowest BCUT2D eigenvalue weighted by atomic mass is 10.0. The first-order chi connectivity index (χ1) is 6.32. The van der Waals surface area contributed by atoms with Crippen molar-refractivity contribution in [3.05, 3.63) is 29.3 Å². The fourth-order valence-corrected chi connectivity index (χ4v) is 2.10. The molecule has 4 heteroatoms. The summed E-state index contributed by atoms with van der Waals surface area (Å²) in [5.74, 6) is 0. The third-order valence-electron chi connectivity index (χ3n) is 2.16. The van der Waals surface area contributed by atoms with Gasteiger partial charge in [0.15, 0.2) is 9.84 Å². The molecule has 0 fully saturated rings. The fraction of sp³-hybridized carbons (Fsp3) is 0.400. The molecule has 78 valence electrons. The highest BCUT2D eigenvalue weighted by Crippen LogP contribution is 2.19. The van der Waals surface area contributed by atoms with Crippen LogP contribution in [-0.4, -0.2) is 14.7 Å².